The van der Waals surface area contributed by atoms with Gasteiger partial charge in [-0.3, -0.25) is 4.79 Å². The van der Waals surface area contributed by atoms with Crippen LogP contribution in [0.5, 0.6) is 11.5 Å². The first-order valence-corrected chi connectivity index (χ1v) is 7.96. The molecule has 0 unspecified atom stereocenters. The van der Waals surface area contributed by atoms with Gasteiger partial charge in [-0.15, -0.1) is 10.2 Å². The molecule has 0 saturated carbocycles. The van der Waals surface area contributed by atoms with E-state index in [-0.39, 0.29) is 12.7 Å². The fourth-order valence-electron chi connectivity index (χ4n) is 2.46. The van der Waals surface area contributed by atoms with Crippen molar-refractivity contribution in [2.24, 2.45) is 0 Å². The number of nitrogens with zero attached hydrogens (tertiary/aromatic N) is 3. The molecule has 1 aromatic carbocycles. The Labute approximate surface area is 140 Å². The van der Waals surface area contributed by atoms with Crippen LogP contribution in [0, 0.1) is 0 Å². The van der Waals surface area contributed by atoms with Crippen LogP contribution in [-0.2, 0) is 6.54 Å². The molecule has 2 aromatic rings. The fraction of sp³-hybridized carbons (Fsp3) is 0.353. The molecule has 0 aliphatic carbocycles. The molecule has 1 amide bonds. The van der Waals surface area contributed by atoms with Crippen molar-refractivity contribution in [1.29, 1.82) is 0 Å². The van der Waals surface area contributed by atoms with Crippen LogP contribution in [0.25, 0.3) is 0 Å². The van der Waals surface area contributed by atoms with Gasteiger partial charge in [-0.2, -0.15) is 0 Å². The molecular weight excluding hydrogens is 308 g/mol. The van der Waals surface area contributed by atoms with Gasteiger partial charge in [0.15, 0.2) is 17.2 Å². The first-order chi connectivity index (χ1) is 11.7. The monoisotopic (exact) mass is 328 g/mol. The molecule has 0 radical (unpaired) electrons. The van der Waals surface area contributed by atoms with Crippen LogP contribution in [-0.4, -0.2) is 40.9 Å². The van der Waals surface area contributed by atoms with E-state index in [9.17, 15) is 4.79 Å². The number of hydrogen-bond donors (Lipinski definition) is 1. The largest absolute Gasteiger partial charge is 0.454 e. The summed E-state index contributed by atoms with van der Waals surface area (Å²) in [6, 6.07) is 9.23. The van der Waals surface area contributed by atoms with Crippen LogP contribution in [0.3, 0.4) is 0 Å². The fourth-order valence-corrected chi connectivity index (χ4v) is 2.46. The highest BCUT2D eigenvalue weighted by Crippen LogP contribution is 2.32. The summed E-state index contributed by atoms with van der Waals surface area (Å²) >= 11 is 0. The van der Waals surface area contributed by atoms with Gasteiger partial charge in [-0.25, -0.2) is 0 Å². The first-order valence-electron chi connectivity index (χ1n) is 7.96. The second-order valence-electron chi connectivity index (χ2n) is 5.32. The van der Waals surface area contributed by atoms with E-state index in [1.165, 1.54) is 0 Å². The Balaban J connectivity index is 1.61. The third-order valence-electron chi connectivity index (χ3n) is 3.84. The van der Waals surface area contributed by atoms with Crippen molar-refractivity contribution in [2.45, 2.75) is 20.4 Å². The molecule has 0 bridgehead atoms. The summed E-state index contributed by atoms with van der Waals surface area (Å²) in [7, 11) is 0. The molecular formula is C17H20N4O3. The van der Waals surface area contributed by atoms with Crippen molar-refractivity contribution < 1.29 is 14.3 Å². The molecule has 0 atom stereocenters. The number of ether oxygens (including phenoxy) is 2. The second-order valence-corrected chi connectivity index (χ2v) is 5.32. The minimum atomic E-state index is -0.102. The molecule has 7 nitrogen and oxygen atoms in total. The molecule has 1 N–H and O–H groups in total. The van der Waals surface area contributed by atoms with Gasteiger partial charge in [-0.05, 0) is 43.7 Å². The highest BCUT2D eigenvalue weighted by Gasteiger charge is 2.15. The second kappa shape index (κ2) is 7.16. The Hall–Kier alpha value is -2.83. The molecule has 0 saturated heterocycles. The van der Waals surface area contributed by atoms with Crippen molar-refractivity contribution in [3.8, 4) is 11.5 Å². The van der Waals surface area contributed by atoms with E-state index >= 15 is 0 Å². The molecule has 0 spiro atoms. The van der Waals surface area contributed by atoms with Gasteiger partial charge in [0.2, 0.25) is 6.79 Å². The van der Waals surface area contributed by atoms with Crippen molar-refractivity contribution >= 4 is 11.7 Å². The number of amides is 1. The summed E-state index contributed by atoms with van der Waals surface area (Å²) in [6.07, 6.45) is 0. The van der Waals surface area contributed by atoms with E-state index in [1.54, 1.807) is 17.0 Å². The lowest BCUT2D eigenvalue weighted by Crippen LogP contribution is -2.31. The van der Waals surface area contributed by atoms with Gasteiger partial charge in [0.1, 0.15) is 5.82 Å². The Bertz CT molecular complexity index is 714. The Morgan fingerprint density at radius 3 is 2.62 bits per heavy atom. The number of carbonyl (C=O) groups excluding carboxylic acids is 1. The predicted molar refractivity (Wildman–Crippen MR) is 89.2 cm³/mol. The molecule has 2 heterocycles. The van der Waals surface area contributed by atoms with Crippen LogP contribution in [0.2, 0.25) is 0 Å². The van der Waals surface area contributed by atoms with Crippen molar-refractivity contribution in [2.75, 3.05) is 25.2 Å². The zero-order valence-corrected chi connectivity index (χ0v) is 13.8. The molecule has 1 aliphatic rings. The summed E-state index contributed by atoms with van der Waals surface area (Å²) in [4.78, 5) is 13.9. The number of fused-ring (bicyclic) bond motifs is 1. The topological polar surface area (TPSA) is 76.6 Å². The van der Waals surface area contributed by atoms with E-state index in [0.717, 1.165) is 17.1 Å². The SMILES string of the molecule is CCN(CC)C(=O)c1ccc(NCc2ccc3c(c2)OCO3)nn1. The lowest BCUT2D eigenvalue weighted by atomic mass is 10.2. The Morgan fingerprint density at radius 2 is 1.92 bits per heavy atom. The molecule has 3 rings (SSSR count). The number of aromatic nitrogens is 2. The average Bonchev–Trinajstić information content (AvgIpc) is 3.09. The number of anilines is 1. The van der Waals surface area contributed by atoms with Gasteiger partial charge in [0, 0.05) is 19.6 Å². The van der Waals surface area contributed by atoms with E-state index in [2.05, 4.69) is 15.5 Å². The highest BCUT2D eigenvalue weighted by atomic mass is 16.7. The standard InChI is InChI=1S/C17H20N4O3/c1-3-21(4-2)17(22)13-6-8-16(20-19-13)18-10-12-5-7-14-15(9-12)24-11-23-14/h5-9H,3-4,10-11H2,1-2H3,(H,18,20). The molecule has 1 aliphatic heterocycles. The minimum absolute atomic E-state index is 0.102. The number of hydrogen-bond acceptors (Lipinski definition) is 6. The molecule has 7 heteroatoms. The zero-order valence-electron chi connectivity index (χ0n) is 13.8. The lowest BCUT2D eigenvalue weighted by molar-refractivity contribution is 0.0766. The van der Waals surface area contributed by atoms with Crippen molar-refractivity contribution in [1.82, 2.24) is 15.1 Å². The third kappa shape index (κ3) is 3.40. The van der Waals surface area contributed by atoms with Gasteiger partial charge < -0.3 is 19.7 Å². The van der Waals surface area contributed by atoms with Gasteiger partial charge in [0.05, 0.1) is 0 Å². The van der Waals surface area contributed by atoms with E-state index < -0.39 is 0 Å². The molecule has 126 valence electrons. The highest BCUT2D eigenvalue weighted by molar-refractivity contribution is 5.92. The van der Waals surface area contributed by atoms with Crippen LogP contribution in [0.4, 0.5) is 5.82 Å². The smallest absolute Gasteiger partial charge is 0.274 e. The third-order valence-corrected chi connectivity index (χ3v) is 3.84. The summed E-state index contributed by atoms with van der Waals surface area (Å²) < 4.78 is 10.6. The molecule has 24 heavy (non-hydrogen) atoms. The summed E-state index contributed by atoms with van der Waals surface area (Å²) in [5, 5.41) is 11.3. The average molecular weight is 328 g/mol. The van der Waals surface area contributed by atoms with Crippen LogP contribution < -0.4 is 14.8 Å². The first kappa shape index (κ1) is 16.0. The zero-order chi connectivity index (χ0) is 16.9. The number of nitrogens with one attached hydrogen (secondary N) is 1. The normalized spacial score (nSPS) is 12.1. The quantitative estimate of drug-likeness (QED) is 0.877. The van der Waals surface area contributed by atoms with Crippen LogP contribution in [0.15, 0.2) is 30.3 Å². The van der Waals surface area contributed by atoms with Crippen LogP contribution in [0.1, 0.15) is 29.9 Å². The lowest BCUT2D eigenvalue weighted by Gasteiger charge is -2.17. The van der Waals surface area contributed by atoms with E-state index in [1.807, 2.05) is 32.0 Å². The van der Waals surface area contributed by atoms with Crippen LogP contribution >= 0.6 is 0 Å². The maximum atomic E-state index is 12.2. The Kier molecular flexibility index (Phi) is 4.79. The molecule has 1 aromatic heterocycles. The minimum Gasteiger partial charge on any atom is -0.454 e. The summed E-state index contributed by atoms with van der Waals surface area (Å²) in [6.45, 7) is 6.03. The maximum Gasteiger partial charge on any atom is 0.274 e. The van der Waals surface area contributed by atoms with E-state index in [4.69, 9.17) is 9.47 Å². The van der Waals surface area contributed by atoms with Crippen molar-refractivity contribution in [3.05, 3.63) is 41.6 Å². The molecule has 0 fully saturated rings. The van der Waals surface area contributed by atoms with Gasteiger partial charge in [0.25, 0.3) is 5.91 Å². The van der Waals surface area contributed by atoms with Crippen molar-refractivity contribution in [3.63, 3.8) is 0 Å². The number of rotatable bonds is 6. The number of carbonyl (C=O) groups is 1. The maximum absolute atomic E-state index is 12.2. The Morgan fingerprint density at radius 1 is 1.12 bits per heavy atom. The van der Waals surface area contributed by atoms with E-state index in [0.29, 0.717) is 31.1 Å². The summed E-state index contributed by atoms with van der Waals surface area (Å²) in [5.41, 5.74) is 1.40. The number of benzene rings is 1. The predicted octanol–water partition coefficient (Wildman–Crippen LogP) is 2.30. The summed E-state index contributed by atoms with van der Waals surface area (Å²) in [5.74, 6) is 2.02. The van der Waals surface area contributed by atoms with Gasteiger partial charge in [-0.1, -0.05) is 6.07 Å². The van der Waals surface area contributed by atoms with Gasteiger partial charge >= 0.3 is 0 Å².